The number of rotatable bonds is 5. The predicted molar refractivity (Wildman–Crippen MR) is 97.8 cm³/mol. The van der Waals surface area contributed by atoms with Crippen molar-refractivity contribution in [1.29, 1.82) is 0 Å². The Bertz CT molecular complexity index is 498. The first-order chi connectivity index (χ1) is 9.88. The second kappa shape index (κ2) is 7.42. The molecular weight excluding hydrogens is 395 g/mol. The number of halogens is 1. The van der Waals surface area contributed by atoms with Gasteiger partial charge in [-0.2, -0.15) is 0 Å². The van der Waals surface area contributed by atoms with Gasteiger partial charge in [-0.3, -0.25) is 10.1 Å². The molecule has 0 bridgehead atoms. The van der Waals surface area contributed by atoms with Crippen LogP contribution in [0.5, 0.6) is 0 Å². The number of hydrogen-bond donors (Lipinski definition) is 1. The van der Waals surface area contributed by atoms with E-state index in [1.54, 1.807) is 4.90 Å². The van der Waals surface area contributed by atoms with Gasteiger partial charge in [-0.25, -0.2) is 0 Å². The van der Waals surface area contributed by atoms with E-state index in [4.69, 9.17) is 0 Å². The summed E-state index contributed by atoms with van der Waals surface area (Å²) in [7, 11) is 3.69. The van der Waals surface area contributed by atoms with Gasteiger partial charge in [-0.05, 0) is 65.8 Å². The largest absolute Gasteiger partial charge is 0.347 e. The van der Waals surface area contributed by atoms with Gasteiger partial charge in [0, 0.05) is 25.0 Å². The summed E-state index contributed by atoms with van der Waals surface area (Å²) in [4.78, 5) is 15.6. The first kappa shape index (κ1) is 17.2. The third kappa shape index (κ3) is 4.42. The summed E-state index contributed by atoms with van der Waals surface area (Å²) in [6.45, 7) is 4.36. The zero-order valence-corrected chi connectivity index (χ0v) is 16.3. The number of nitrogens with one attached hydrogen (secondary N) is 1. The van der Waals surface area contributed by atoms with Crippen LogP contribution in [0.15, 0.2) is 6.07 Å². The van der Waals surface area contributed by atoms with Crippen LogP contribution in [0.25, 0.3) is 0 Å². The fourth-order valence-electron chi connectivity index (χ4n) is 2.96. The van der Waals surface area contributed by atoms with E-state index < -0.39 is 0 Å². The number of likely N-dealkylation sites (N-methyl/N-ethyl adjacent to an activating group) is 1. The highest BCUT2D eigenvalue weighted by Gasteiger charge is 2.28. The molecule has 118 valence electrons. The third-order valence-electron chi connectivity index (χ3n) is 3.93. The molecule has 1 aromatic heterocycles. The maximum Gasteiger partial charge on any atom is 0.239 e. The molecule has 1 aromatic rings. The van der Waals surface area contributed by atoms with E-state index in [2.05, 4.69) is 47.8 Å². The maximum absolute atomic E-state index is 12.4. The lowest BCUT2D eigenvalue weighted by atomic mass is 9.92. The van der Waals surface area contributed by atoms with Crippen molar-refractivity contribution in [1.82, 2.24) is 10.2 Å². The molecule has 1 heterocycles. The first-order valence-electron chi connectivity index (χ1n) is 7.63. The molecule has 3 nitrogen and oxygen atoms in total. The lowest BCUT2D eigenvalue weighted by Crippen LogP contribution is -2.46. The highest BCUT2D eigenvalue weighted by Crippen LogP contribution is 2.36. The maximum atomic E-state index is 12.4. The van der Waals surface area contributed by atoms with Gasteiger partial charge in [-0.15, -0.1) is 11.3 Å². The summed E-state index contributed by atoms with van der Waals surface area (Å²) in [5.74, 6) is 0.706. The molecule has 0 radical (unpaired) electrons. The van der Waals surface area contributed by atoms with Crippen LogP contribution >= 0.6 is 33.9 Å². The van der Waals surface area contributed by atoms with Crippen molar-refractivity contribution in [3.8, 4) is 0 Å². The van der Waals surface area contributed by atoms with Gasteiger partial charge in [-0.1, -0.05) is 13.8 Å². The lowest BCUT2D eigenvalue weighted by molar-refractivity contribution is -0.131. The molecule has 0 aromatic carbocycles. The number of amides is 1. The standard InChI is InChI=1S/C16H25IN2OS/c1-10(2)8-13(16(20)19(3)4)18-12-6-5-7-14-11(12)9-15(17)21-14/h9-10,12-13,18H,5-8H2,1-4H3. The van der Waals surface area contributed by atoms with Crippen LogP contribution in [0.2, 0.25) is 0 Å². The van der Waals surface area contributed by atoms with Gasteiger partial charge in [0.05, 0.1) is 8.93 Å². The Kier molecular flexibility index (Phi) is 6.08. The van der Waals surface area contributed by atoms with Crippen LogP contribution < -0.4 is 5.32 Å². The zero-order chi connectivity index (χ0) is 15.6. The average Bonchev–Trinajstić information content (AvgIpc) is 2.77. The molecule has 5 heteroatoms. The van der Waals surface area contributed by atoms with E-state index in [9.17, 15) is 4.79 Å². The van der Waals surface area contributed by atoms with Crippen LogP contribution in [0.4, 0.5) is 0 Å². The second-order valence-electron chi connectivity index (χ2n) is 6.46. The normalized spacial score (nSPS) is 19.4. The van der Waals surface area contributed by atoms with Gasteiger partial charge in [0.1, 0.15) is 0 Å². The molecule has 1 amide bonds. The highest BCUT2D eigenvalue weighted by molar-refractivity contribution is 14.1. The Morgan fingerprint density at radius 2 is 2.24 bits per heavy atom. The van der Waals surface area contributed by atoms with E-state index >= 15 is 0 Å². The number of hydrogen-bond acceptors (Lipinski definition) is 3. The van der Waals surface area contributed by atoms with Gasteiger partial charge in [0.2, 0.25) is 5.91 Å². The summed E-state index contributed by atoms with van der Waals surface area (Å²) in [6, 6.07) is 2.55. The molecule has 0 fully saturated rings. The smallest absolute Gasteiger partial charge is 0.239 e. The van der Waals surface area contributed by atoms with Crippen LogP contribution in [0.3, 0.4) is 0 Å². The average molecular weight is 420 g/mol. The van der Waals surface area contributed by atoms with E-state index in [0.717, 1.165) is 12.8 Å². The predicted octanol–water partition coefficient (Wildman–Crippen LogP) is 3.82. The molecule has 0 spiro atoms. The number of carbonyl (C=O) groups excluding carboxylic acids is 1. The number of nitrogens with zero attached hydrogens (tertiary/aromatic N) is 1. The Labute approximate surface area is 145 Å². The van der Waals surface area contributed by atoms with Crippen molar-refractivity contribution in [2.45, 2.75) is 51.6 Å². The van der Waals surface area contributed by atoms with Gasteiger partial charge >= 0.3 is 0 Å². The number of carbonyl (C=O) groups is 1. The van der Waals surface area contributed by atoms with Crippen LogP contribution in [-0.4, -0.2) is 30.9 Å². The minimum absolute atomic E-state index is 0.0755. The second-order valence-corrected chi connectivity index (χ2v) is 9.49. The lowest BCUT2D eigenvalue weighted by Gasteiger charge is -2.30. The van der Waals surface area contributed by atoms with Crippen LogP contribution in [-0.2, 0) is 11.2 Å². The van der Waals surface area contributed by atoms with Crippen molar-refractivity contribution in [2.75, 3.05) is 14.1 Å². The number of aryl methyl sites for hydroxylation is 1. The van der Waals surface area contributed by atoms with Gasteiger partial charge in [0.15, 0.2) is 0 Å². The van der Waals surface area contributed by atoms with Crippen LogP contribution in [0.1, 0.15) is 49.6 Å². The summed E-state index contributed by atoms with van der Waals surface area (Å²) in [5.41, 5.74) is 1.43. The highest BCUT2D eigenvalue weighted by atomic mass is 127. The van der Waals surface area contributed by atoms with Crippen molar-refractivity contribution in [3.05, 3.63) is 19.4 Å². The first-order valence-corrected chi connectivity index (χ1v) is 9.53. The molecule has 21 heavy (non-hydrogen) atoms. The molecule has 0 saturated heterocycles. The van der Waals surface area contributed by atoms with Gasteiger partial charge < -0.3 is 4.90 Å². The molecule has 2 unspecified atom stereocenters. The van der Waals surface area contributed by atoms with Crippen molar-refractivity contribution in [2.24, 2.45) is 5.92 Å². The van der Waals surface area contributed by atoms with Crippen molar-refractivity contribution < 1.29 is 4.79 Å². The van der Waals surface area contributed by atoms with E-state index in [0.29, 0.717) is 12.0 Å². The summed E-state index contributed by atoms with van der Waals surface area (Å²) in [6.07, 6.45) is 4.43. The molecule has 0 saturated carbocycles. The summed E-state index contributed by atoms with van der Waals surface area (Å²) in [5, 5.41) is 3.65. The summed E-state index contributed by atoms with van der Waals surface area (Å²) < 4.78 is 1.35. The minimum atomic E-state index is -0.0755. The van der Waals surface area contributed by atoms with E-state index in [1.165, 1.54) is 26.2 Å². The molecular formula is C16H25IN2OS. The minimum Gasteiger partial charge on any atom is -0.347 e. The quantitative estimate of drug-likeness (QED) is 0.735. The fraction of sp³-hybridized carbons (Fsp3) is 0.688. The molecule has 1 N–H and O–H groups in total. The monoisotopic (exact) mass is 420 g/mol. The number of fused-ring (bicyclic) bond motifs is 1. The SMILES string of the molecule is CC(C)CC(NC1CCCc2sc(I)cc21)C(=O)N(C)C. The third-order valence-corrected chi connectivity index (χ3v) is 5.90. The zero-order valence-electron chi connectivity index (χ0n) is 13.3. The Morgan fingerprint density at radius 3 is 2.86 bits per heavy atom. The molecule has 1 aliphatic carbocycles. The van der Waals surface area contributed by atoms with Crippen LogP contribution in [0, 0.1) is 8.80 Å². The number of thiophene rings is 1. The molecule has 0 aliphatic heterocycles. The van der Waals surface area contributed by atoms with E-state index in [-0.39, 0.29) is 11.9 Å². The Balaban J connectivity index is 2.15. The Morgan fingerprint density at radius 1 is 1.52 bits per heavy atom. The molecule has 2 rings (SSSR count). The Hall–Kier alpha value is -0.140. The van der Waals surface area contributed by atoms with Gasteiger partial charge in [0.25, 0.3) is 0 Å². The molecule has 2 atom stereocenters. The fourth-order valence-corrected chi connectivity index (χ4v) is 5.08. The van der Waals surface area contributed by atoms with E-state index in [1.807, 2.05) is 25.4 Å². The topological polar surface area (TPSA) is 32.3 Å². The molecule has 1 aliphatic rings. The summed E-state index contributed by atoms with van der Waals surface area (Å²) >= 11 is 4.30. The van der Waals surface area contributed by atoms with Crippen molar-refractivity contribution >= 4 is 39.8 Å². The van der Waals surface area contributed by atoms with Crippen molar-refractivity contribution in [3.63, 3.8) is 0 Å².